The zero-order chi connectivity index (χ0) is 18.5. The van der Waals surface area contributed by atoms with Gasteiger partial charge in [0.05, 0.1) is 5.69 Å². The molecule has 2 N–H and O–H groups in total. The molecule has 0 radical (unpaired) electrons. The number of hydrogen-bond donors (Lipinski definition) is 2. The first-order valence-electron chi connectivity index (χ1n) is 8.99. The van der Waals surface area contributed by atoms with E-state index < -0.39 is 0 Å². The summed E-state index contributed by atoms with van der Waals surface area (Å²) in [5.74, 6) is 0.420. The molecule has 6 heteroatoms. The van der Waals surface area contributed by atoms with Crippen LogP contribution in [-0.4, -0.2) is 32.5 Å². The monoisotopic (exact) mass is 359 g/mol. The molecule has 4 rings (SSSR count). The van der Waals surface area contributed by atoms with Gasteiger partial charge in [0, 0.05) is 43.7 Å². The first-order chi connectivity index (χ1) is 13.3. The molecule has 136 valence electrons. The minimum absolute atomic E-state index is 0.198. The minimum atomic E-state index is -0.198. The van der Waals surface area contributed by atoms with Crippen molar-refractivity contribution >= 4 is 17.8 Å². The van der Waals surface area contributed by atoms with Gasteiger partial charge in [-0.2, -0.15) is 5.10 Å². The van der Waals surface area contributed by atoms with Crippen LogP contribution in [-0.2, 0) is 24.3 Å². The van der Waals surface area contributed by atoms with Crippen LogP contribution in [0.1, 0.15) is 22.4 Å². The SMILES string of the molecule is O=C(C=Cc1cccnc1)Nc1n[nH]c2c1CN(CCc1ccccc1)C2. The molecule has 2 aromatic heterocycles. The molecule has 0 unspecified atom stereocenters. The summed E-state index contributed by atoms with van der Waals surface area (Å²) in [5.41, 5.74) is 4.37. The first-order valence-corrected chi connectivity index (χ1v) is 8.99. The zero-order valence-corrected chi connectivity index (χ0v) is 14.9. The summed E-state index contributed by atoms with van der Waals surface area (Å²) in [6.45, 7) is 2.60. The highest BCUT2D eigenvalue weighted by Crippen LogP contribution is 2.27. The Morgan fingerprint density at radius 2 is 2.07 bits per heavy atom. The number of nitrogens with zero attached hydrogens (tertiary/aromatic N) is 3. The van der Waals surface area contributed by atoms with Crippen molar-refractivity contribution in [3.63, 3.8) is 0 Å². The van der Waals surface area contributed by atoms with E-state index in [1.54, 1.807) is 18.5 Å². The van der Waals surface area contributed by atoms with E-state index in [0.717, 1.165) is 42.9 Å². The van der Waals surface area contributed by atoms with E-state index in [1.165, 1.54) is 11.6 Å². The fourth-order valence-corrected chi connectivity index (χ4v) is 3.20. The van der Waals surface area contributed by atoms with Crippen LogP contribution in [0, 0.1) is 0 Å². The largest absolute Gasteiger partial charge is 0.305 e. The Morgan fingerprint density at radius 3 is 2.89 bits per heavy atom. The van der Waals surface area contributed by atoms with Gasteiger partial charge in [-0.15, -0.1) is 0 Å². The standard InChI is InChI=1S/C21H21N5O/c27-20(9-8-17-7-4-11-22-13-17)23-21-18-14-26(15-19(18)24-25-21)12-10-16-5-2-1-3-6-16/h1-9,11,13H,10,12,14-15H2,(H2,23,24,25,27). The van der Waals surface area contributed by atoms with Crippen molar-refractivity contribution in [1.29, 1.82) is 0 Å². The lowest BCUT2D eigenvalue weighted by molar-refractivity contribution is -0.111. The van der Waals surface area contributed by atoms with E-state index in [9.17, 15) is 4.79 Å². The van der Waals surface area contributed by atoms with Gasteiger partial charge in [-0.05, 0) is 29.7 Å². The molecule has 0 saturated heterocycles. The van der Waals surface area contributed by atoms with E-state index in [-0.39, 0.29) is 5.91 Å². The molecule has 6 nitrogen and oxygen atoms in total. The molecule has 0 atom stereocenters. The summed E-state index contributed by atoms with van der Waals surface area (Å²) in [6.07, 6.45) is 7.66. The Hall–Kier alpha value is -3.25. The van der Waals surface area contributed by atoms with Crippen molar-refractivity contribution < 1.29 is 4.79 Å². The lowest BCUT2D eigenvalue weighted by Crippen LogP contribution is -2.20. The van der Waals surface area contributed by atoms with Gasteiger partial charge in [-0.1, -0.05) is 36.4 Å². The second-order valence-corrected chi connectivity index (χ2v) is 6.58. The van der Waals surface area contributed by atoms with Crippen LogP contribution >= 0.6 is 0 Å². The van der Waals surface area contributed by atoms with E-state index >= 15 is 0 Å². The Kier molecular flexibility index (Phi) is 5.07. The third-order valence-electron chi connectivity index (χ3n) is 4.63. The van der Waals surface area contributed by atoms with Crippen molar-refractivity contribution in [2.45, 2.75) is 19.5 Å². The first kappa shape index (κ1) is 17.2. The molecule has 1 aliphatic rings. The summed E-state index contributed by atoms with van der Waals surface area (Å²) in [7, 11) is 0. The zero-order valence-electron chi connectivity index (χ0n) is 14.9. The van der Waals surface area contributed by atoms with Crippen molar-refractivity contribution in [3.05, 3.63) is 83.3 Å². The molecular formula is C21H21N5O. The second-order valence-electron chi connectivity index (χ2n) is 6.58. The molecule has 0 aliphatic carbocycles. The third-order valence-corrected chi connectivity index (χ3v) is 4.63. The Morgan fingerprint density at radius 1 is 1.19 bits per heavy atom. The lowest BCUT2D eigenvalue weighted by atomic mass is 10.1. The molecule has 1 amide bonds. The van der Waals surface area contributed by atoms with E-state index in [2.05, 4.69) is 49.7 Å². The topological polar surface area (TPSA) is 73.9 Å². The summed E-state index contributed by atoms with van der Waals surface area (Å²) >= 11 is 0. The van der Waals surface area contributed by atoms with Gasteiger partial charge in [-0.25, -0.2) is 0 Å². The van der Waals surface area contributed by atoms with Crippen LogP contribution in [0.3, 0.4) is 0 Å². The number of amides is 1. The van der Waals surface area contributed by atoms with Crippen LogP contribution in [0.5, 0.6) is 0 Å². The van der Waals surface area contributed by atoms with Crippen molar-refractivity contribution in [2.24, 2.45) is 0 Å². The average molecular weight is 359 g/mol. The van der Waals surface area contributed by atoms with Gasteiger partial charge in [-0.3, -0.25) is 19.8 Å². The van der Waals surface area contributed by atoms with Crippen molar-refractivity contribution in [1.82, 2.24) is 20.1 Å². The number of H-pyrrole nitrogens is 1. The number of benzene rings is 1. The third kappa shape index (κ3) is 4.30. The van der Waals surface area contributed by atoms with Crippen LogP contribution in [0.25, 0.3) is 6.08 Å². The predicted octanol–water partition coefficient (Wildman–Crippen LogP) is 3.01. The fraction of sp³-hybridized carbons (Fsp3) is 0.190. The average Bonchev–Trinajstić information content (AvgIpc) is 3.28. The van der Waals surface area contributed by atoms with Gasteiger partial charge in [0.25, 0.3) is 0 Å². The molecule has 0 saturated carbocycles. The summed E-state index contributed by atoms with van der Waals surface area (Å²) in [6, 6.07) is 14.2. The molecule has 1 aliphatic heterocycles. The number of rotatable bonds is 6. The van der Waals surface area contributed by atoms with Crippen LogP contribution in [0.2, 0.25) is 0 Å². The van der Waals surface area contributed by atoms with Crippen molar-refractivity contribution in [2.75, 3.05) is 11.9 Å². The smallest absolute Gasteiger partial charge is 0.249 e. The van der Waals surface area contributed by atoms with E-state index in [4.69, 9.17) is 0 Å². The number of carbonyl (C=O) groups excluding carboxylic acids is 1. The molecular weight excluding hydrogens is 338 g/mol. The van der Waals surface area contributed by atoms with E-state index in [1.807, 2.05) is 18.2 Å². The number of fused-ring (bicyclic) bond motifs is 1. The number of hydrogen-bond acceptors (Lipinski definition) is 4. The van der Waals surface area contributed by atoms with Gasteiger partial charge >= 0.3 is 0 Å². The lowest BCUT2D eigenvalue weighted by Gasteiger charge is -2.15. The van der Waals surface area contributed by atoms with Crippen LogP contribution in [0.15, 0.2) is 60.9 Å². The molecule has 1 aromatic carbocycles. The number of nitrogens with one attached hydrogen (secondary N) is 2. The van der Waals surface area contributed by atoms with E-state index in [0.29, 0.717) is 5.82 Å². The maximum absolute atomic E-state index is 12.2. The maximum atomic E-state index is 12.2. The minimum Gasteiger partial charge on any atom is -0.305 e. The number of anilines is 1. The summed E-state index contributed by atoms with van der Waals surface area (Å²) < 4.78 is 0. The second kappa shape index (κ2) is 7.97. The molecule has 0 bridgehead atoms. The number of pyridine rings is 1. The quantitative estimate of drug-likeness (QED) is 0.664. The summed E-state index contributed by atoms with van der Waals surface area (Å²) in [4.78, 5) is 18.6. The highest BCUT2D eigenvalue weighted by Gasteiger charge is 2.25. The number of carbonyl (C=O) groups is 1. The Bertz CT molecular complexity index is 934. The van der Waals surface area contributed by atoms with Crippen LogP contribution < -0.4 is 5.32 Å². The fourth-order valence-electron chi connectivity index (χ4n) is 3.20. The summed E-state index contributed by atoms with van der Waals surface area (Å²) in [5, 5.41) is 10.2. The van der Waals surface area contributed by atoms with Gasteiger partial charge in [0.15, 0.2) is 5.82 Å². The molecule has 3 heterocycles. The van der Waals surface area contributed by atoms with Crippen LogP contribution in [0.4, 0.5) is 5.82 Å². The molecule has 3 aromatic rings. The predicted molar refractivity (Wildman–Crippen MR) is 105 cm³/mol. The Labute approximate surface area is 157 Å². The van der Waals surface area contributed by atoms with Gasteiger partial charge in [0.2, 0.25) is 5.91 Å². The van der Waals surface area contributed by atoms with Gasteiger partial charge in [0.1, 0.15) is 0 Å². The Balaban J connectivity index is 1.33. The molecule has 0 spiro atoms. The van der Waals surface area contributed by atoms with Gasteiger partial charge < -0.3 is 5.32 Å². The molecule has 27 heavy (non-hydrogen) atoms. The highest BCUT2D eigenvalue weighted by molar-refractivity contribution is 6.01. The number of aromatic amines is 1. The highest BCUT2D eigenvalue weighted by atomic mass is 16.1. The molecule has 0 fully saturated rings. The maximum Gasteiger partial charge on any atom is 0.249 e. The number of aromatic nitrogens is 3. The normalized spacial score (nSPS) is 13.8. The van der Waals surface area contributed by atoms with Crippen molar-refractivity contribution in [3.8, 4) is 0 Å².